The number of rotatable bonds is 8. The summed E-state index contributed by atoms with van der Waals surface area (Å²) in [6.45, 7) is 5.59. The molecular formula is C19H23BrN2O3. The summed E-state index contributed by atoms with van der Waals surface area (Å²) < 4.78 is 12.1. The minimum atomic E-state index is -0.224. The first-order chi connectivity index (χ1) is 12.1. The lowest BCUT2D eigenvalue weighted by molar-refractivity contribution is 0.252. The highest BCUT2D eigenvalue weighted by molar-refractivity contribution is 9.10. The Bertz CT molecular complexity index is 690. The maximum Gasteiger partial charge on any atom is 0.319 e. The Balaban J connectivity index is 1.85. The summed E-state index contributed by atoms with van der Waals surface area (Å²) in [5.41, 5.74) is 1.83. The number of ether oxygens (including phenoxy) is 2. The Morgan fingerprint density at radius 3 is 2.36 bits per heavy atom. The van der Waals surface area contributed by atoms with Crippen LogP contribution in [-0.4, -0.2) is 25.8 Å². The van der Waals surface area contributed by atoms with Crippen LogP contribution in [0.1, 0.15) is 19.4 Å². The van der Waals surface area contributed by atoms with Gasteiger partial charge in [0.1, 0.15) is 0 Å². The Hall–Kier alpha value is -2.21. The van der Waals surface area contributed by atoms with Gasteiger partial charge in [-0.15, -0.1) is 0 Å². The van der Waals surface area contributed by atoms with E-state index in [1.807, 2.05) is 56.3 Å². The molecule has 2 N–H and O–H groups in total. The Kier molecular flexibility index (Phi) is 7.60. The van der Waals surface area contributed by atoms with Gasteiger partial charge < -0.3 is 20.1 Å². The van der Waals surface area contributed by atoms with E-state index in [0.29, 0.717) is 26.2 Å². The highest BCUT2D eigenvalue weighted by Crippen LogP contribution is 2.28. The van der Waals surface area contributed by atoms with Crippen LogP contribution in [0.4, 0.5) is 10.5 Å². The van der Waals surface area contributed by atoms with Crippen LogP contribution >= 0.6 is 15.9 Å². The molecule has 0 aliphatic rings. The number of anilines is 1. The molecule has 2 amide bonds. The smallest absolute Gasteiger partial charge is 0.319 e. The fourth-order valence-corrected chi connectivity index (χ4v) is 2.54. The van der Waals surface area contributed by atoms with Crippen LogP contribution in [0.15, 0.2) is 46.9 Å². The van der Waals surface area contributed by atoms with Gasteiger partial charge in [-0.05, 0) is 62.2 Å². The highest BCUT2D eigenvalue weighted by Gasteiger charge is 2.07. The molecule has 6 heteroatoms. The van der Waals surface area contributed by atoms with Gasteiger partial charge in [0.25, 0.3) is 0 Å². The molecule has 0 unspecified atom stereocenters. The van der Waals surface area contributed by atoms with Crippen LogP contribution in [0.5, 0.6) is 11.5 Å². The summed E-state index contributed by atoms with van der Waals surface area (Å²) in [6.07, 6.45) is 0.709. The lowest BCUT2D eigenvalue weighted by Gasteiger charge is -2.13. The SMILES string of the molecule is CCOc1ccc(CCNC(=O)Nc2ccc(Br)cc2)cc1OCC. The first-order valence-corrected chi connectivity index (χ1v) is 9.10. The first-order valence-electron chi connectivity index (χ1n) is 8.31. The molecule has 0 aromatic heterocycles. The maximum absolute atomic E-state index is 11.9. The van der Waals surface area contributed by atoms with Crippen LogP contribution in [-0.2, 0) is 6.42 Å². The van der Waals surface area contributed by atoms with Crippen molar-refractivity contribution in [2.45, 2.75) is 20.3 Å². The standard InChI is InChI=1S/C19H23BrN2O3/c1-3-24-17-10-5-14(13-18(17)25-4-2)11-12-21-19(23)22-16-8-6-15(20)7-9-16/h5-10,13H,3-4,11-12H2,1-2H3,(H2,21,22,23). The second-order valence-electron chi connectivity index (χ2n) is 5.28. The average Bonchev–Trinajstić information content (AvgIpc) is 2.59. The Morgan fingerprint density at radius 2 is 1.68 bits per heavy atom. The van der Waals surface area contributed by atoms with E-state index in [-0.39, 0.29) is 6.03 Å². The molecule has 0 aliphatic heterocycles. The lowest BCUT2D eigenvalue weighted by Crippen LogP contribution is -2.30. The highest BCUT2D eigenvalue weighted by atomic mass is 79.9. The van der Waals surface area contributed by atoms with Crippen LogP contribution < -0.4 is 20.1 Å². The van der Waals surface area contributed by atoms with Gasteiger partial charge in [-0.3, -0.25) is 0 Å². The molecule has 0 heterocycles. The van der Waals surface area contributed by atoms with Gasteiger partial charge in [0.2, 0.25) is 0 Å². The summed E-state index contributed by atoms with van der Waals surface area (Å²) in [4.78, 5) is 11.9. The van der Waals surface area contributed by atoms with Gasteiger partial charge in [-0.25, -0.2) is 4.79 Å². The molecule has 0 fully saturated rings. The monoisotopic (exact) mass is 406 g/mol. The quantitative estimate of drug-likeness (QED) is 0.672. The number of carbonyl (C=O) groups excluding carboxylic acids is 1. The van der Waals surface area contributed by atoms with E-state index in [0.717, 1.165) is 27.2 Å². The van der Waals surface area contributed by atoms with Crippen molar-refractivity contribution >= 4 is 27.6 Å². The molecule has 2 aromatic rings. The zero-order valence-electron chi connectivity index (χ0n) is 14.5. The van der Waals surface area contributed by atoms with Gasteiger partial charge in [-0.1, -0.05) is 22.0 Å². The van der Waals surface area contributed by atoms with Gasteiger partial charge in [0.15, 0.2) is 11.5 Å². The van der Waals surface area contributed by atoms with Crippen molar-refractivity contribution in [1.29, 1.82) is 0 Å². The van der Waals surface area contributed by atoms with E-state index in [4.69, 9.17) is 9.47 Å². The van der Waals surface area contributed by atoms with Crippen molar-refractivity contribution in [2.75, 3.05) is 25.1 Å². The number of urea groups is 1. The number of benzene rings is 2. The number of amides is 2. The van der Waals surface area contributed by atoms with E-state index < -0.39 is 0 Å². The molecule has 0 atom stereocenters. The number of halogens is 1. The molecule has 25 heavy (non-hydrogen) atoms. The molecule has 0 spiro atoms. The molecule has 0 bridgehead atoms. The molecule has 0 radical (unpaired) electrons. The van der Waals surface area contributed by atoms with Crippen molar-refractivity contribution < 1.29 is 14.3 Å². The molecular weight excluding hydrogens is 384 g/mol. The number of nitrogens with one attached hydrogen (secondary N) is 2. The van der Waals surface area contributed by atoms with Crippen molar-refractivity contribution in [2.24, 2.45) is 0 Å². The zero-order chi connectivity index (χ0) is 18.1. The number of carbonyl (C=O) groups is 1. The van der Waals surface area contributed by atoms with Crippen molar-refractivity contribution in [3.8, 4) is 11.5 Å². The third-order valence-electron chi connectivity index (χ3n) is 3.41. The predicted octanol–water partition coefficient (Wildman–Crippen LogP) is 4.61. The van der Waals surface area contributed by atoms with Crippen molar-refractivity contribution in [1.82, 2.24) is 5.32 Å². The van der Waals surface area contributed by atoms with Crippen LogP contribution in [0, 0.1) is 0 Å². The van der Waals surface area contributed by atoms with E-state index in [2.05, 4.69) is 26.6 Å². The second-order valence-corrected chi connectivity index (χ2v) is 6.20. The lowest BCUT2D eigenvalue weighted by atomic mass is 10.1. The van der Waals surface area contributed by atoms with Crippen molar-refractivity contribution in [3.05, 3.63) is 52.5 Å². The third-order valence-corrected chi connectivity index (χ3v) is 3.94. The third kappa shape index (κ3) is 6.31. The average molecular weight is 407 g/mol. The molecule has 0 saturated heterocycles. The summed E-state index contributed by atoms with van der Waals surface area (Å²) in [5.74, 6) is 1.48. The Labute approximate surface area is 156 Å². The Morgan fingerprint density at radius 1 is 1.00 bits per heavy atom. The van der Waals surface area contributed by atoms with Crippen LogP contribution in [0.2, 0.25) is 0 Å². The second kappa shape index (κ2) is 9.93. The van der Waals surface area contributed by atoms with Crippen LogP contribution in [0.3, 0.4) is 0 Å². The largest absolute Gasteiger partial charge is 0.490 e. The summed E-state index contributed by atoms with van der Waals surface area (Å²) in [5, 5.41) is 5.65. The van der Waals surface area contributed by atoms with E-state index in [1.54, 1.807) is 0 Å². The molecule has 5 nitrogen and oxygen atoms in total. The minimum Gasteiger partial charge on any atom is -0.490 e. The zero-order valence-corrected chi connectivity index (χ0v) is 16.1. The molecule has 2 aromatic carbocycles. The predicted molar refractivity (Wildman–Crippen MR) is 104 cm³/mol. The first kappa shape index (κ1) is 19.1. The van der Waals surface area contributed by atoms with Gasteiger partial charge >= 0.3 is 6.03 Å². The summed E-state index contributed by atoms with van der Waals surface area (Å²) >= 11 is 3.36. The van der Waals surface area contributed by atoms with Gasteiger partial charge in [0.05, 0.1) is 13.2 Å². The molecule has 0 aliphatic carbocycles. The van der Waals surface area contributed by atoms with Crippen LogP contribution in [0.25, 0.3) is 0 Å². The van der Waals surface area contributed by atoms with Gasteiger partial charge in [0, 0.05) is 16.7 Å². The van der Waals surface area contributed by atoms with E-state index in [1.165, 1.54) is 0 Å². The fourth-order valence-electron chi connectivity index (χ4n) is 2.28. The number of hydrogen-bond donors (Lipinski definition) is 2. The summed E-state index contributed by atoms with van der Waals surface area (Å²) in [6, 6.07) is 13.1. The van der Waals surface area contributed by atoms with E-state index in [9.17, 15) is 4.79 Å². The van der Waals surface area contributed by atoms with Gasteiger partial charge in [-0.2, -0.15) is 0 Å². The fraction of sp³-hybridized carbons (Fsp3) is 0.316. The molecule has 2 rings (SSSR count). The topological polar surface area (TPSA) is 59.6 Å². The van der Waals surface area contributed by atoms with Crippen molar-refractivity contribution in [3.63, 3.8) is 0 Å². The molecule has 134 valence electrons. The normalized spacial score (nSPS) is 10.2. The minimum absolute atomic E-state index is 0.224. The van der Waals surface area contributed by atoms with E-state index >= 15 is 0 Å². The molecule has 0 saturated carbocycles. The number of hydrogen-bond acceptors (Lipinski definition) is 3. The summed E-state index contributed by atoms with van der Waals surface area (Å²) in [7, 11) is 0. The maximum atomic E-state index is 11.9.